The smallest absolute Gasteiger partial charge is 0.417 e. The number of rotatable bonds is 3. The normalized spacial score (nSPS) is 30.3. The summed E-state index contributed by atoms with van der Waals surface area (Å²) in [6, 6.07) is 14.1. The van der Waals surface area contributed by atoms with Gasteiger partial charge >= 0.3 is 12.1 Å². The van der Waals surface area contributed by atoms with E-state index in [9.17, 15) is 28.2 Å². The Morgan fingerprint density at radius 3 is 2.52 bits per heavy atom. The number of aliphatic hydroxyl groups is 2. The molecule has 2 aromatic carbocycles. The van der Waals surface area contributed by atoms with Gasteiger partial charge < -0.3 is 14.9 Å². The van der Waals surface area contributed by atoms with Crippen molar-refractivity contribution in [2.24, 2.45) is 5.92 Å². The predicted molar refractivity (Wildman–Crippen MR) is 107 cm³/mol. The van der Waals surface area contributed by atoms with Crippen LogP contribution in [0.5, 0.6) is 0 Å². The van der Waals surface area contributed by atoms with E-state index in [4.69, 9.17) is 4.74 Å². The largest absolute Gasteiger partial charge is 0.457 e. The van der Waals surface area contributed by atoms with Crippen molar-refractivity contribution >= 4 is 5.97 Å². The van der Waals surface area contributed by atoms with Crippen molar-refractivity contribution in [2.45, 2.75) is 62.5 Å². The molecule has 2 aliphatic rings. The summed E-state index contributed by atoms with van der Waals surface area (Å²) in [5.74, 6) is -1.23. The lowest BCUT2D eigenvalue weighted by atomic mass is 9.60. The molecule has 4 nitrogen and oxygen atoms in total. The maximum Gasteiger partial charge on any atom is 0.417 e. The number of hydrogen-bond acceptors (Lipinski definition) is 4. The zero-order valence-corrected chi connectivity index (χ0v) is 17.2. The van der Waals surface area contributed by atoms with Crippen LogP contribution in [0.25, 0.3) is 0 Å². The first kappa shape index (κ1) is 21.8. The number of ether oxygens (including phenoxy) is 1. The van der Waals surface area contributed by atoms with Crippen molar-refractivity contribution < 1.29 is 32.9 Å². The average molecular weight is 434 g/mol. The number of carbonyl (C=O) groups is 1. The molecule has 1 saturated carbocycles. The van der Waals surface area contributed by atoms with E-state index in [0.29, 0.717) is 5.56 Å². The predicted octanol–water partition coefficient (Wildman–Crippen LogP) is 4.83. The highest BCUT2D eigenvalue weighted by Gasteiger charge is 2.58. The van der Waals surface area contributed by atoms with Gasteiger partial charge in [-0.05, 0) is 73.3 Å². The summed E-state index contributed by atoms with van der Waals surface area (Å²) < 4.78 is 45.4. The maximum atomic E-state index is 13.3. The van der Waals surface area contributed by atoms with Crippen LogP contribution < -0.4 is 0 Å². The van der Waals surface area contributed by atoms with Crippen LogP contribution in [0, 0.1) is 5.92 Å². The topological polar surface area (TPSA) is 66.8 Å². The molecule has 0 heterocycles. The minimum absolute atomic E-state index is 0.0889. The zero-order chi connectivity index (χ0) is 22.4. The van der Waals surface area contributed by atoms with Crippen LogP contribution in [0.2, 0.25) is 0 Å². The van der Waals surface area contributed by atoms with Crippen molar-refractivity contribution in [1.82, 2.24) is 0 Å². The van der Waals surface area contributed by atoms with Gasteiger partial charge in [-0.25, -0.2) is 4.79 Å². The number of benzene rings is 2. The van der Waals surface area contributed by atoms with Crippen molar-refractivity contribution in [2.75, 3.05) is 0 Å². The molecule has 7 heteroatoms. The summed E-state index contributed by atoms with van der Waals surface area (Å²) in [6.07, 6.45) is -5.25. The van der Waals surface area contributed by atoms with Gasteiger partial charge in [0.15, 0.2) is 5.60 Å². The number of hydrogen-bond donors (Lipinski definition) is 2. The van der Waals surface area contributed by atoms with Crippen molar-refractivity contribution in [3.8, 4) is 0 Å². The van der Waals surface area contributed by atoms with E-state index in [1.165, 1.54) is 0 Å². The molecular weight excluding hydrogens is 409 g/mol. The fourth-order valence-electron chi connectivity index (χ4n) is 5.09. The lowest BCUT2D eigenvalue weighted by Gasteiger charge is -2.48. The third-order valence-corrected chi connectivity index (χ3v) is 6.71. The molecule has 0 aliphatic heterocycles. The third kappa shape index (κ3) is 4.08. The van der Waals surface area contributed by atoms with Crippen LogP contribution in [0.3, 0.4) is 0 Å². The summed E-state index contributed by atoms with van der Waals surface area (Å²) in [4.78, 5) is 12.5. The Bertz CT molecular complexity index is 971. The van der Waals surface area contributed by atoms with Crippen molar-refractivity contribution in [3.05, 3.63) is 70.8 Å². The first-order valence-electron chi connectivity index (χ1n) is 10.4. The molecule has 2 aliphatic carbocycles. The number of esters is 1. The number of fused-ring (bicyclic) bond motifs is 3. The summed E-state index contributed by atoms with van der Waals surface area (Å²) in [5, 5.41) is 21.2. The highest BCUT2D eigenvalue weighted by atomic mass is 19.4. The second-order valence-electron chi connectivity index (χ2n) is 8.98. The van der Waals surface area contributed by atoms with Crippen LogP contribution in [-0.4, -0.2) is 28.0 Å². The minimum Gasteiger partial charge on any atom is -0.457 e. The van der Waals surface area contributed by atoms with Gasteiger partial charge in [-0.3, -0.25) is 0 Å². The van der Waals surface area contributed by atoms with E-state index in [1.54, 1.807) is 25.1 Å². The number of alkyl halides is 3. The lowest BCUT2D eigenvalue weighted by Crippen LogP contribution is -2.52. The third-order valence-electron chi connectivity index (χ3n) is 6.71. The molecule has 2 N–H and O–H groups in total. The van der Waals surface area contributed by atoms with E-state index < -0.39 is 35.7 Å². The van der Waals surface area contributed by atoms with Gasteiger partial charge in [-0.2, -0.15) is 13.2 Å². The Hall–Kier alpha value is -2.38. The summed E-state index contributed by atoms with van der Waals surface area (Å²) in [7, 11) is 0. The van der Waals surface area contributed by atoms with Crippen LogP contribution in [0.15, 0.2) is 48.5 Å². The maximum absolute atomic E-state index is 13.3. The molecule has 2 aromatic rings. The molecule has 0 radical (unpaired) electrons. The van der Waals surface area contributed by atoms with Gasteiger partial charge in [-0.1, -0.05) is 36.4 Å². The van der Waals surface area contributed by atoms with Gasteiger partial charge in [0.25, 0.3) is 0 Å². The summed E-state index contributed by atoms with van der Waals surface area (Å²) in [6.45, 7) is 1.66. The molecule has 0 amide bonds. The standard InChI is InChI=1S/C24H25F3O4/c1-22(29)12-17-13-23(30,24(25,26)27)10-9-18(17)19-8-7-16(11-20(19)22)21(28)31-14-15-5-3-2-4-6-15/h2-8,11,17-18,29-30H,9-10,12-14H2,1H3. The van der Waals surface area contributed by atoms with Crippen LogP contribution in [-0.2, 0) is 16.9 Å². The second-order valence-corrected chi connectivity index (χ2v) is 8.98. The second kappa shape index (κ2) is 7.64. The Balaban J connectivity index is 1.56. The first-order chi connectivity index (χ1) is 14.5. The van der Waals surface area contributed by atoms with Crippen LogP contribution in [0.4, 0.5) is 13.2 Å². The Kier molecular flexibility index (Phi) is 5.38. The van der Waals surface area contributed by atoms with Crippen LogP contribution in [0.1, 0.15) is 65.6 Å². The minimum atomic E-state index is -4.70. The zero-order valence-electron chi connectivity index (χ0n) is 17.2. The molecule has 0 aromatic heterocycles. The molecule has 0 bridgehead atoms. The Morgan fingerprint density at radius 2 is 1.84 bits per heavy atom. The van der Waals surface area contributed by atoms with Gasteiger partial charge in [0, 0.05) is 0 Å². The Labute approximate surface area is 178 Å². The molecule has 4 unspecified atom stereocenters. The van der Waals surface area contributed by atoms with E-state index in [-0.39, 0.29) is 37.4 Å². The molecule has 166 valence electrons. The lowest BCUT2D eigenvalue weighted by molar-refractivity contribution is -0.277. The van der Waals surface area contributed by atoms with Crippen LogP contribution >= 0.6 is 0 Å². The quantitative estimate of drug-likeness (QED) is 0.679. The van der Waals surface area contributed by atoms with E-state index in [0.717, 1.165) is 11.1 Å². The SMILES string of the molecule is CC1(O)CC2CC(O)(C(F)(F)F)CCC2c2ccc(C(=O)OCc3ccccc3)cc21. The van der Waals surface area contributed by atoms with E-state index in [2.05, 4.69) is 0 Å². The van der Waals surface area contributed by atoms with E-state index >= 15 is 0 Å². The average Bonchev–Trinajstić information content (AvgIpc) is 2.71. The van der Waals surface area contributed by atoms with Gasteiger partial charge in [0.1, 0.15) is 6.61 Å². The molecule has 4 atom stereocenters. The fraction of sp³-hybridized carbons (Fsp3) is 0.458. The monoisotopic (exact) mass is 434 g/mol. The highest BCUT2D eigenvalue weighted by molar-refractivity contribution is 5.89. The number of carbonyl (C=O) groups excluding carboxylic acids is 1. The molecular formula is C24H25F3O4. The molecule has 31 heavy (non-hydrogen) atoms. The molecule has 0 saturated heterocycles. The molecule has 0 spiro atoms. The first-order valence-corrected chi connectivity index (χ1v) is 10.4. The van der Waals surface area contributed by atoms with E-state index in [1.807, 2.05) is 30.3 Å². The molecule has 1 fully saturated rings. The Morgan fingerprint density at radius 1 is 1.13 bits per heavy atom. The van der Waals surface area contributed by atoms with Gasteiger partial charge in [0.05, 0.1) is 11.2 Å². The van der Waals surface area contributed by atoms with Crippen molar-refractivity contribution in [1.29, 1.82) is 0 Å². The van der Waals surface area contributed by atoms with Gasteiger partial charge in [0.2, 0.25) is 0 Å². The summed E-state index contributed by atoms with van der Waals surface area (Å²) in [5.41, 5.74) is -1.71. The number of halogens is 3. The van der Waals surface area contributed by atoms with Gasteiger partial charge in [-0.15, -0.1) is 0 Å². The van der Waals surface area contributed by atoms with Crippen molar-refractivity contribution in [3.63, 3.8) is 0 Å². The molecule has 4 rings (SSSR count). The highest BCUT2D eigenvalue weighted by Crippen LogP contribution is 2.55. The fourth-order valence-corrected chi connectivity index (χ4v) is 5.09. The summed E-state index contributed by atoms with van der Waals surface area (Å²) >= 11 is 0.